The van der Waals surface area contributed by atoms with E-state index in [1.807, 2.05) is 0 Å². The molecular formula is C5H10O3. The summed E-state index contributed by atoms with van der Waals surface area (Å²) in [6, 6.07) is 0. The van der Waals surface area contributed by atoms with E-state index in [2.05, 4.69) is 9.47 Å². The molecular weight excluding hydrogens is 108 g/mol. The van der Waals surface area contributed by atoms with Gasteiger partial charge in [-0.05, 0) is 6.92 Å². The van der Waals surface area contributed by atoms with Gasteiger partial charge in [0.2, 0.25) is 0 Å². The number of rotatable bonds is 4. The molecule has 3 heteroatoms. The first-order valence-corrected chi connectivity index (χ1v) is 2.33. The van der Waals surface area contributed by atoms with Crippen molar-refractivity contribution in [1.29, 1.82) is 0 Å². The highest BCUT2D eigenvalue weighted by Crippen LogP contribution is 1.74. The van der Waals surface area contributed by atoms with Crippen molar-refractivity contribution in [3.05, 3.63) is 0 Å². The molecule has 0 aliphatic rings. The number of hydrogen-bond acceptors (Lipinski definition) is 3. The van der Waals surface area contributed by atoms with Crippen molar-refractivity contribution in [2.24, 2.45) is 0 Å². The van der Waals surface area contributed by atoms with Crippen LogP contribution in [0.25, 0.3) is 0 Å². The average Bonchev–Trinajstić information content (AvgIpc) is 1.66. The summed E-state index contributed by atoms with van der Waals surface area (Å²) in [5, 5.41) is 0. The van der Waals surface area contributed by atoms with Gasteiger partial charge in [-0.2, -0.15) is 0 Å². The van der Waals surface area contributed by atoms with E-state index in [0.717, 1.165) is 0 Å². The number of hydrogen-bond donors (Lipinski definition) is 0. The molecule has 8 heavy (non-hydrogen) atoms. The third kappa shape index (κ3) is 5.59. The molecule has 0 unspecified atom stereocenters. The Hall–Kier alpha value is -0.410. The molecule has 0 aromatic heterocycles. The summed E-state index contributed by atoms with van der Waals surface area (Å²) in [6.45, 7) is 1.81. The van der Waals surface area contributed by atoms with Crippen LogP contribution in [0.1, 0.15) is 6.92 Å². The van der Waals surface area contributed by atoms with Crippen LogP contribution in [0.2, 0.25) is 0 Å². The average molecular weight is 118 g/mol. The van der Waals surface area contributed by atoms with Gasteiger partial charge in [0, 0.05) is 7.11 Å². The molecule has 0 aliphatic carbocycles. The van der Waals surface area contributed by atoms with E-state index in [9.17, 15) is 4.79 Å². The Morgan fingerprint density at radius 3 is 2.62 bits per heavy atom. The maximum atomic E-state index is 10.1. The van der Waals surface area contributed by atoms with Gasteiger partial charge in [0.25, 0.3) is 0 Å². The first kappa shape index (κ1) is 7.59. The number of methoxy groups -OCH3 is 1. The molecule has 3 nitrogen and oxygen atoms in total. The van der Waals surface area contributed by atoms with Crippen LogP contribution in [-0.2, 0) is 14.3 Å². The smallest absolute Gasteiger partial charge is 0.155 e. The van der Waals surface area contributed by atoms with Crippen LogP contribution in [-0.4, -0.2) is 26.3 Å². The third-order valence-corrected chi connectivity index (χ3v) is 0.507. The first-order valence-electron chi connectivity index (χ1n) is 2.33. The topological polar surface area (TPSA) is 35.5 Å². The highest BCUT2D eigenvalue weighted by molar-refractivity contribution is 5.76. The maximum Gasteiger partial charge on any atom is 0.155 e. The van der Waals surface area contributed by atoms with Crippen molar-refractivity contribution in [2.45, 2.75) is 6.92 Å². The van der Waals surface area contributed by atoms with E-state index in [0.29, 0.717) is 0 Å². The molecule has 0 saturated carbocycles. The van der Waals surface area contributed by atoms with E-state index >= 15 is 0 Å². The Morgan fingerprint density at radius 1 is 1.62 bits per heavy atom. The van der Waals surface area contributed by atoms with Gasteiger partial charge in [0.05, 0.1) is 0 Å². The normalized spacial score (nSPS) is 9.25. The first-order chi connectivity index (χ1) is 3.77. The standard InChI is InChI=1S/C5H10O3/c1-5(6)3-8-4-7-2/h3-4H2,1-2H3. The van der Waals surface area contributed by atoms with Gasteiger partial charge >= 0.3 is 0 Å². The second-order valence-corrected chi connectivity index (χ2v) is 1.46. The van der Waals surface area contributed by atoms with E-state index in [1.54, 1.807) is 0 Å². The quantitative estimate of drug-likeness (QED) is 0.390. The third-order valence-electron chi connectivity index (χ3n) is 0.507. The number of carbonyl (C=O) groups is 1. The Bertz CT molecular complexity index is 70.1. The monoisotopic (exact) mass is 118 g/mol. The molecule has 0 N–H and O–H groups in total. The number of Topliss-reactive ketones (excluding diaryl/α,β-unsaturated/α-hetero) is 1. The second-order valence-electron chi connectivity index (χ2n) is 1.46. The minimum absolute atomic E-state index is 0.0158. The lowest BCUT2D eigenvalue weighted by molar-refractivity contribution is -0.126. The van der Waals surface area contributed by atoms with Crippen molar-refractivity contribution in [3.63, 3.8) is 0 Å². The zero-order chi connectivity index (χ0) is 6.41. The van der Waals surface area contributed by atoms with Gasteiger partial charge in [-0.25, -0.2) is 0 Å². The van der Waals surface area contributed by atoms with Gasteiger partial charge in [-0.15, -0.1) is 0 Å². The molecule has 0 atom stereocenters. The summed E-state index contributed by atoms with van der Waals surface area (Å²) in [6.07, 6.45) is 0. The van der Waals surface area contributed by atoms with Crippen molar-refractivity contribution in [2.75, 3.05) is 20.5 Å². The zero-order valence-electron chi connectivity index (χ0n) is 5.14. The van der Waals surface area contributed by atoms with Crippen molar-refractivity contribution in [3.8, 4) is 0 Å². The van der Waals surface area contributed by atoms with Crippen LogP contribution >= 0.6 is 0 Å². The van der Waals surface area contributed by atoms with Crippen LogP contribution in [0.15, 0.2) is 0 Å². The highest BCUT2D eigenvalue weighted by atomic mass is 16.7. The van der Waals surface area contributed by atoms with Crippen LogP contribution < -0.4 is 0 Å². The fraction of sp³-hybridized carbons (Fsp3) is 0.800. The molecule has 48 valence electrons. The van der Waals surface area contributed by atoms with Crippen molar-refractivity contribution < 1.29 is 14.3 Å². The Morgan fingerprint density at radius 2 is 2.25 bits per heavy atom. The molecule has 0 radical (unpaired) electrons. The minimum atomic E-state index is 0.0158. The number of carbonyl (C=O) groups excluding carboxylic acids is 1. The van der Waals surface area contributed by atoms with E-state index < -0.39 is 0 Å². The van der Waals surface area contributed by atoms with Gasteiger partial charge in [0.15, 0.2) is 5.78 Å². The molecule has 0 aromatic carbocycles. The van der Waals surface area contributed by atoms with Crippen LogP contribution in [0.4, 0.5) is 0 Å². The molecule has 0 rings (SSSR count). The number of ether oxygens (including phenoxy) is 2. The maximum absolute atomic E-state index is 10.1. The van der Waals surface area contributed by atoms with Gasteiger partial charge in [-0.3, -0.25) is 4.79 Å². The Labute approximate surface area is 48.6 Å². The molecule has 0 amide bonds. The van der Waals surface area contributed by atoms with Crippen LogP contribution in [0, 0.1) is 0 Å². The fourth-order valence-corrected chi connectivity index (χ4v) is 0.269. The summed E-state index contributed by atoms with van der Waals surface area (Å²) in [5.41, 5.74) is 0. The largest absolute Gasteiger partial charge is 0.359 e. The highest BCUT2D eigenvalue weighted by Gasteiger charge is 1.88. The lowest BCUT2D eigenvalue weighted by atomic mass is 10.5. The SMILES string of the molecule is COCOCC(C)=O. The lowest BCUT2D eigenvalue weighted by Gasteiger charge is -1.96. The second kappa shape index (κ2) is 4.74. The molecule has 0 bridgehead atoms. The van der Waals surface area contributed by atoms with E-state index in [-0.39, 0.29) is 19.2 Å². The van der Waals surface area contributed by atoms with E-state index in [4.69, 9.17) is 0 Å². The summed E-state index contributed by atoms with van der Waals surface area (Å²) in [7, 11) is 1.51. The molecule has 0 aromatic rings. The lowest BCUT2D eigenvalue weighted by Crippen LogP contribution is -2.05. The van der Waals surface area contributed by atoms with Crippen LogP contribution in [0.5, 0.6) is 0 Å². The zero-order valence-corrected chi connectivity index (χ0v) is 5.14. The summed E-state index contributed by atoms with van der Waals surface area (Å²) in [4.78, 5) is 10.1. The predicted molar refractivity (Wildman–Crippen MR) is 28.5 cm³/mol. The molecule has 0 saturated heterocycles. The van der Waals surface area contributed by atoms with Gasteiger partial charge in [-0.1, -0.05) is 0 Å². The fourth-order valence-electron chi connectivity index (χ4n) is 0.269. The molecule has 0 fully saturated rings. The predicted octanol–water partition coefficient (Wildman–Crippen LogP) is 0.196. The van der Waals surface area contributed by atoms with E-state index in [1.165, 1.54) is 14.0 Å². The molecule has 0 spiro atoms. The Balaban J connectivity index is 2.82. The van der Waals surface area contributed by atoms with Crippen molar-refractivity contribution >= 4 is 5.78 Å². The number of ketones is 1. The van der Waals surface area contributed by atoms with Gasteiger partial charge < -0.3 is 9.47 Å². The summed E-state index contributed by atoms with van der Waals surface area (Å²) >= 11 is 0. The van der Waals surface area contributed by atoms with Crippen molar-refractivity contribution in [1.82, 2.24) is 0 Å². The summed E-state index contributed by atoms with van der Waals surface area (Å²) < 4.78 is 9.19. The molecule has 0 aliphatic heterocycles. The van der Waals surface area contributed by atoms with Gasteiger partial charge in [0.1, 0.15) is 13.4 Å². The molecule has 0 heterocycles. The Kier molecular flexibility index (Phi) is 4.50. The minimum Gasteiger partial charge on any atom is -0.359 e. The van der Waals surface area contributed by atoms with Crippen LogP contribution in [0.3, 0.4) is 0 Å². The summed E-state index contributed by atoms with van der Waals surface area (Å²) in [5.74, 6) is 0.0158.